The molecule has 0 radical (unpaired) electrons. The predicted octanol–water partition coefficient (Wildman–Crippen LogP) is -0.473. The van der Waals surface area contributed by atoms with Crippen LogP contribution < -0.4 is 21.7 Å². The van der Waals surface area contributed by atoms with E-state index in [1.807, 2.05) is 44.2 Å². The Hall–Kier alpha value is -3.55. The SMILES string of the molecule is CC(C)C[C@H](NC(=O)[C@@H](NC(=O)[C@@H](N)CC(=O)N(C)OCc1ccccc1)C(C)C)C(=O)N[C@@H](CO)C(=O)O. The molecule has 0 fully saturated rings. The monoisotopic (exact) mass is 551 g/mol. The Morgan fingerprint density at radius 3 is 2.03 bits per heavy atom. The molecule has 7 N–H and O–H groups in total. The number of benzene rings is 1. The van der Waals surface area contributed by atoms with E-state index in [1.165, 1.54) is 7.05 Å². The topological polar surface area (TPSA) is 200 Å². The summed E-state index contributed by atoms with van der Waals surface area (Å²) >= 11 is 0. The van der Waals surface area contributed by atoms with E-state index in [4.69, 9.17) is 15.7 Å². The van der Waals surface area contributed by atoms with Crippen molar-refractivity contribution in [2.24, 2.45) is 17.6 Å². The first-order valence-corrected chi connectivity index (χ1v) is 12.7. The van der Waals surface area contributed by atoms with Gasteiger partial charge in [0.15, 0.2) is 0 Å². The Balaban J connectivity index is 2.79. The molecule has 0 saturated carbocycles. The Bertz CT molecular complexity index is 972. The first-order valence-electron chi connectivity index (χ1n) is 12.7. The van der Waals surface area contributed by atoms with Crippen LogP contribution in [0.5, 0.6) is 0 Å². The zero-order valence-electron chi connectivity index (χ0n) is 23.0. The zero-order valence-corrected chi connectivity index (χ0v) is 23.0. The number of carbonyl (C=O) groups is 5. The summed E-state index contributed by atoms with van der Waals surface area (Å²) in [6, 6.07) is 4.17. The van der Waals surface area contributed by atoms with E-state index in [0.29, 0.717) is 0 Å². The van der Waals surface area contributed by atoms with Crippen molar-refractivity contribution in [3.05, 3.63) is 35.9 Å². The minimum atomic E-state index is -1.53. The quantitative estimate of drug-likeness (QED) is 0.147. The minimum Gasteiger partial charge on any atom is -0.480 e. The third-order valence-corrected chi connectivity index (χ3v) is 5.73. The summed E-state index contributed by atoms with van der Waals surface area (Å²) in [4.78, 5) is 67.6. The van der Waals surface area contributed by atoms with E-state index < -0.39 is 66.3 Å². The highest BCUT2D eigenvalue weighted by molar-refractivity contribution is 5.95. The van der Waals surface area contributed by atoms with Crippen LogP contribution in [0.2, 0.25) is 0 Å². The standard InChI is InChI=1S/C26H41N5O8/c1-15(2)11-19(24(35)29-20(13-32)26(37)38)28-25(36)22(16(3)4)30-23(34)18(27)12-21(33)31(5)39-14-17-9-7-6-8-10-17/h6-10,15-16,18-20,22,32H,11-14,27H2,1-5H3,(H,28,36)(H,29,35)(H,30,34)(H,37,38)/t18-,19-,20-,22-/m0/s1. The number of aliphatic carboxylic acids is 1. The highest BCUT2D eigenvalue weighted by atomic mass is 16.7. The molecule has 0 bridgehead atoms. The number of carboxylic acid groups (broad SMARTS) is 1. The average Bonchev–Trinajstić information content (AvgIpc) is 2.87. The second-order valence-corrected chi connectivity index (χ2v) is 9.96. The summed E-state index contributed by atoms with van der Waals surface area (Å²) in [6.07, 6.45) is -0.197. The van der Waals surface area contributed by atoms with Crippen LogP contribution in [0.15, 0.2) is 30.3 Å². The van der Waals surface area contributed by atoms with Gasteiger partial charge in [-0.15, -0.1) is 0 Å². The van der Waals surface area contributed by atoms with Crippen molar-refractivity contribution in [3.63, 3.8) is 0 Å². The Morgan fingerprint density at radius 2 is 1.51 bits per heavy atom. The van der Waals surface area contributed by atoms with Crippen LogP contribution in [0.1, 0.15) is 46.1 Å². The van der Waals surface area contributed by atoms with Gasteiger partial charge < -0.3 is 31.9 Å². The summed E-state index contributed by atoms with van der Waals surface area (Å²) in [5.41, 5.74) is 6.79. The third-order valence-electron chi connectivity index (χ3n) is 5.73. The van der Waals surface area contributed by atoms with Gasteiger partial charge in [-0.2, -0.15) is 0 Å². The van der Waals surface area contributed by atoms with Crippen molar-refractivity contribution in [2.75, 3.05) is 13.7 Å². The fraction of sp³-hybridized carbons (Fsp3) is 0.577. The molecular weight excluding hydrogens is 510 g/mol. The molecule has 0 aliphatic carbocycles. The molecule has 1 aromatic carbocycles. The van der Waals surface area contributed by atoms with Crippen LogP contribution in [0, 0.1) is 11.8 Å². The molecular formula is C26H41N5O8. The first-order chi connectivity index (χ1) is 18.3. The lowest BCUT2D eigenvalue weighted by atomic mass is 9.99. The summed E-state index contributed by atoms with van der Waals surface area (Å²) in [7, 11) is 1.41. The molecule has 0 saturated heterocycles. The maximum atomic E-state index is 13.1. The van der Waals surface area contributed by atoms with Gasteiger partial charge >= 0.3 is 5.97 Å². The van der Waals surface area contributed by atoms with Crippen molar-refractivity contribution in [1.82, 2.24) is 21.0 Å². The minimum absolute atomic E-state index is 0.0499. The molecule has 4 amide bonds. The largest absolute Gasteiger partial charge is 0.480 e. The van der Waals surface area contributed by atoms with Gasteiger partial charge in [0, 0.05) is 7.05 Å². The number of aliphatic hydroxyl groups is 1. The normalized spacial score (nSPS) is 14.2. The van der Waals surface area contributed by atoms with Crippen LogP contribution in [-0.4, -0.2) is 82.7 Å². The van der Waals surface area contributed by atoms with E-state index in [9.17, 15) is 29.1 Å². The molecule has 0 unspecified atom stereocenters. The van der Waals surface area contributed by atoms with Crippen molar-refractivity contribution in [2.45, 2.75) is 71.3 Å². The number of amides is 4. The van der Waals surface area contributed by atoms with Crippen LogP contribution in [-0.2, 0) is 35.4 Å². The van der Waals surface area contributed by atoms with Gasteiger partial charge in [0.1, 0.15) is 24.7 Å². The van der Waals surface area contributed by atoms with E-state index in [0.717, 1.165) is 10.6 Å². The molecule has 39 heavy (non-hydrogen) atoms. The van der Waals surface area contributed by atoms with Gasteiger partial charge in [-0.1, -0.05) is 58.0 Å². The van der Waals surface area contributed by atoms with E-state index in [2.05, 4.69) is 16.0 Å². The van der Waals surface area contributed by atoms with Gasteiger partial charge in [-0.3, -0.25) is 24.0 Å². The number of nitrogens with two attached hydrogens (primary N) is 1. The van der Waals surface area contributed by atoms with Crippen LogP contribution in [0.3, 0.4) is 0 Å². The number of carbonyl (C=O) groups excluding carboxylic acids is 4. The maximum absolute atomic E-state index is 13.1. The van der Waals surface area contributed by atoms with Gasteiger partial charge in [-0.25, -0.2) is 9.86 Å². The van der Waals surface area contributed by atoms with Crippen molar-refractivity contribution < 1.29 is 39.0 Å². The molecule has 0 aromatic heterocycles. The number of hydrogen-bond donors (Lipinski definition) is 6. The molecule has 4 atom stereocenters. The molecule has 0 heterocycles. The first kappa shape index (κ1) is 33.5. The molecule has 13 heteroatoms. The molecule has 1 aromatic rings. The van der Waals surface area contributed by atoms with Gasteiger partial charge in [0.05, 0.1) is 19.1 Å². The lowest BCUT2D eigenvalue weighted by Gasteiger charge is -2.27. The second-order valence-electron chi connectivity index (χ2n) is 9.96. The number of rotatable bonds is 16. The molecule has 218 valence electrons. The molecule has 0 spiro atoms. The summed E-state index contributed by atoms with van der Waals surface area (Å²) in [5, 5.41) is 26.6. The number of carboxylic acids is 1. The van der Waals surface area contributed by atoms with E-state index >= 15 is 0 Å². The zero-order chi connectivity index (χ0) is 29.7. The second kappa shape index (κ2) is 16.4. The highest BCUT2D eigenvalue weighted by Crippen LogP contribution is 2.09. The van der Waals surface area contributed by atoms with Crippen LogP contribution >= 0.6 is 0 Å². The number of nitrogens with zero attached hydrogens (tertiary/aromatic N) is 1. The smallest absolute Gasteiger partial charge is 0.328 e. The number of hydrogen-bond acceptors (Lipinski definition) is 8. The fourth-order valence-corrected chi connectivity index (χ4v) is 3.44. The van der Waals surface area contributed by atoms with E-state index in [1.54, 1.807) is 13.8 Å². The maximum Gasteiger partial charge on any atom is 0.328 e. The molecule has 0 aliphatic rings. The van der Waals surface area contributed by atoms with Crippen molar-refractivity contribution in [1.29, 1.82) is 0 Å². The summed E-state index contributed by atoms with van der Waals surface area (Å²) in [6.45, 7) is 6.30. The lowest BCUT2D eigenvalue weighted by Crippen LogP contribution is -2.59. The summed E-state index contributed by atoms with van der Waals surface area (Å²) < 4.78 is 0. The van der Waals surface area contributed by atoms with Gasteiger partial charge in [0.2, 0.25) is 23.6 Å². The Kier molecular flexibility index (Phi) is 14.1. The molecule has 13 nitrogen and oxygen atoms in total. The van der Waals surface area contributed by atoms with Crippen LogP contribution in [0.4, 0.5) is 0 Å². The Labute approximate surface area is 228 Å². The predicted molar refractivity (Wildman–Crippen MR) is 141 cm³/mol. The average molecular weight is 552 g/mol. The molecule has 0 aliphatic heterocycles. The highest BCUT2D eigenvalue weighted by Gasteiger charge is 2.32. The van der Waals surface area contributed by atoms with E-state index in [-0.39, 0.29) is 25.4 Å². The Morgan fingerprint density at radius 1 is 0.923 bits per heavy atom. The number of nitrogens with one attached hydrogen (secondary N) is 3. The lowest BCUT2D eigenvalue weighted by molar-refractivity contribution is -0.183. The number of hydroxylamine groups is 2. The van der Waals surface area contributed by atoms with Crippen molar-refractivity contribution in [3.8, 4) is 0 Å². The van der Waals surface area contributed by atoms with Gasteiger partial charge in [0.25, 0.3) is 0 Å². The fourth-order valence-electron chi connectivity index (χ4n) is 3.44. The third kappa shape index (κ3) is 11.8. The van der Waals surface area contributed by atoms with Crippen LogP contribution in [0.25, 0.3) is 0 Å². The van der Waals surface area contributed by atoms with Gasteiger partial charge in [-0.05, 0) is 23.8 Å². The molecule has 1 rings (SSSR count). The van der Waals surface area contributed by atoms with Crippen molar-refractivity contribution >= 4 is 29.6 Å². The summed E-state index contributed by atoms with van der Waals surface area (Å²) in [5.74, 6) is -4.64. The number of aliphatic hydroxyl groups excluding tert-OH is 1.